The van der Waals surface area contributed by atoms with E-state index < -0.39 is 12.5 Å². The maximum atomic E-state index is 13.3. The van der Waals surface area contributed by atoms with Gasteiger partial charge in [0.05, 0.1) is 5.69 Å². The maximum Gasteiger partial charge on any atom is 0.397 e. The first-order valence-corrected chi connectivity index (χ1v) is 9.47. The van der Waals surface area contributed by atoms with Crippen molar-refractivity contribution < 1.29 is 23.4 Å². The van der Waals surface area contributed by atoms with E-state index in [2.05, 4.69) is 14.7 Å². The predicted octanol–water partition coefficient (Wildman–Crippen LogP) is 5.16. The average molecular weight is 413 g/mol. The standard InChI is InChI=1S/C20H23ClF2N2O3/c1-3-20(22,23)28-15-9-7-14(8-10-15)16-11-17(25-19(21)24-16)18(27)6-4-5-13(2)12-26/h7-11,13,26H,3-6,12H2,1-2H3/t13-/m1/s1. The number of nitrogens with zero attached hydrogens (tertiary/aromatic N) is 2. The molecule has 0 radical (unpaired) electrons. The maximum absolute atomic E-state index is 13.3. The third-order valence-electron chi connectivity index (χ3n) is 4.23. The van der Waals surface area contributed by atoms with E-state index >= 15 is 0 Å². The van der Waals surface area contributed by atoms with Gasteiger partial charge in [-0.25, -0.2) is 9.97 Å². The highest BCUT2D eigenvalue weighted by Crippen LogP contribution is 2.27. The van der Waals surface area contributed by atoms with Gasteiger partial charge in [0.25, 0.3) is 0 Å². The van der Waals surface area contributed by atoms with Gasteiger partial charge in [0.2, 0.25) is 5.28 Å². The lowest BCUT2D eigenvalue weighted by Gasteiger charge is -2.16. The molecule has 1 atom stereocenters. The quantitative estimate of drug-likeness (QED) is 0.431. The van der Waals surface area contributed by atoms with E-state index in [1.807, 2.05) is 6.92 Å². The monoisotopic (exact) mass is 412 g/mol. The summed E-state index contributed by atoms with van der Waals surface area (Å²) in [5.41, 5.74) is 1.21. The SMILES string of the molecule is CCC(F)(F)Oc1ccc(-c2cc(C(=O)CCC[C@@H](C)CO)nc(Cl)n2)cc1. The Hall–Kier alpha value is -2.12. The molecule has 0 amide bonds. The molecule has 0 aliphatic carbocycles. The molecule has 152 valence electrons. The number of ketones is 1. The van der Waals surface area contributed by atoms with Crippen LogP contribution in [0.3, 0.4) is 0 Å². The van der Waals surface area contributed by atoms with Crippen molar-refractivity contribution in [1.82, 2.24) is 9.97 Å². The summed E-state index contributed by atoms with van der Waals surface area (Å²) in [7, 11) is 0. The normalized spacial score (nSPS) is 12.6. The predicted molar refractivity (Wildman–Crippen MR) is 103 cm³/mol. The van der Waals surface area contributed by atoms with Crippen LogP contribution >= 0.6 is 11.6 Å². The number of carbonyl (C=O) groups is 1. The van der Waals surface area contributed by atoms with Crippen LogP contribution < -0.4 is 4.74 Å². The topological polar surface area (TPSA) is 72.3 Å². The second-order valence-electron chi connectivity index (χ2n) is 6.63. The Labute approximate surface area is 167 Å². The Morgan fingerprint density at radius 1 is 1.29 bits per heavy atom. The van der Waals surface area contributed by atoms with E-state index in [0.29, 0.717) is 17.7 Å². The van der Waals surface area contributed by atoms with Gasteiger partial charge < -0.3 is 9.84 Å². The van der Waals surface area contributed by atoms with Gasteiger partial charge in [0, 0.05) is 25.0 Å². The Morgan fingerprint density at radius 3 is 2.57 bits per heavy atom. The van der Waals surface area contributed by atoms with Crippen LogP contribution in [-0.4, -0.2) is 33.6 Å². The number of Topliss-reactive ketones (excluding diaryl/α,β-unsaturated/α-hetero) is 1. The first-order chi connectivity index (χ1) is 13.2. The van der Waals surface area contributed by atoms with Crippen molar-refractivity contribution in [3.05, 3.63) is 41.3 Å². The van der Waals surface area contributed by atoms with Crippen molar-refractivity contribution in [3.8, 4) is 17.0 Å². The molecule has 0 bridgehead atoms. The molecule has 1 aromatic heterocycles. The molecule has 2 aromatic rings. The van der Waals surface area contributed by atoms with Gasteiger partial charge in [-0.15, -0.1) is 0 Å². The van der Waals surface area contributed by atoms with E-state index in [4.69, 9.17) is 16.7 Å². The van der Waals surface area contributed by atoms with E-state index in [1.165, 1.54) is 25.1 Å². The van der Waals surface area contributed by atoms with Crippen LogP contribution in [0.2, 0.25) is 5.28 Å². The Balaban J connectivity index is 2.13. The summed E-state index contributed by atoms with van der Waals surface area (Å²) >= 11 is 5.96. The van der Waals surface area contributed by atoms with Gasteiger partial charge in [0.15, 0.2) is 5.78 Å². The number of benzene rings is 1. The van der Waals surface area contributed by atoms with Gasteiger partial charge in [-0.05, 0) is 60.7 Å². The largest absolute Gasteiger partial charge is 0.433 e. The summed E-state index contributed by atoms with van der Waals surface area (Å²) in [6, 6.07) is 7.48. The lowest BCUT2D eigenvalue weighted by atomic mass is 10.0. The number of aliphatic hydroxyl groups is 1. The number of halogens is 3. The number of carbonyl (C=O) groups excluding carboxylic acids is 1. The molecule has 2 rings (SSSR count). The van der Waals surface area contributed by atoms with Gasteiger partial charge in [-0.2, -0.15) is 8.78 Å². The zero-order chi connectivity index (χ0) is 20.7. The third-order valence-corrected chi connectivity index (χ3v) is 4.39. The Morgan fingerprint density at radius 2 is 1.96 bits per heavy atom. The van der Waals surface area contributed by atoms with Crippen molar-refractivity contribution in [1.29, 1.82) is 0 Å². The van der Waals surface area contributed by atoms with Gasteiger partial charge >= 0.3 is 6.11 Å². The zero-order valence-electron chi connectivity index (χ0n) is 15.8. The molecule has 0 fully saturated rings. The molecule has 0 saturated heterocycles. The number of hydrogen-bond donors (Lipinski definition) is 1. The summed E-state index contributed by atoms with van der Waals surface area (Å²) in [5.74, 6) is 0.00135. The molecule has 1 aromatic carbocycles. The molecule has 1 heterocycles. The number of ether oxygens (including phenoxy) is 1. The average Bonchev–Trinajstić information content (AvgIpc) is 2.67. The van der Waals surface area contributed by atoms with Crippen LogP contribution in [-0.2, 0) is 0 Å². The number of alkyl halides is 2. The summed E-state index contributed by atoms with van der Waals surface area (Å²) in [4.78, 5) is 20.5. The second kappa shape index (κ2) is 9.89. The van der Waals surface area contributed by atoms with Crippen LogP contribution in [0, 0.1) is 5.92 Å². The Bertz CT molecular complexity index is 801. The number of aromatic nitrogens is 2. The fourth-order valence-corrected chi connectivity index (χ4v) is 2.66. The minimum Gasteiger partial charge on any atom is -0.433 e. The van der Waals surface area contributed by atoms with E-state index in [0.717, 1.165) is 6.42 Å². The molecule has 1 N–H and O–H groups in total. The molecule has 28 heavy (non-hydrogen) atoms. The van der Waals surface area contributed by atoms with Crippen LogP contribution in [0.5, 0.6) is 5.75 Å². The molecule has 0 unspecified atom stereocenters. The van der Waals surface area contributed by atoms with Gasteiger partial charge in [-0.3, -0.25) is 4.79 Å². The fraction of sp³-hybridized carbons (Fsp3) is 0.450. The zero-order valence-corrected chi connectivity index (χ0v) is 16.5. The fourth-order valence-electron chi connectivity index (χ4n) is 2.48. The van der Waals surface area contributed by atoms with Crippen molar-refractivity contribution in [2.24, 2.45) is 5.92 Å². The molecule has 0 aliphatic heterocycles. The minimum atomic E-state index is -3.23. The lowest BCUT2D eigenvalue weighted by molar-refractivity contribution is -0.177. The van der Waals surface area contributed by atoms with Crippen LogP contribution in [0.15, 0.2) is 30.3 Å². The molecule has 0 saturated carbocycles. The Kier molecular flexibility index (Phi) is 7.83. The first kappa shape index (κ1) is 22.2. The first-order valence-electron chi connectivity index (χ1n) is 9.10. The smallest absolute Gasteiger partial charge is 0.397 e. The van der Waals surface area contributed by atoms with E-state index in [-0.39, 0.29) is 41.5 Å². The second-order valence-corrected chi connectivity index (χ2v) is 6.97. The van der Waals surface area contributed by atoms with Crippen molar-refractivity contribution in [3.63, 3.8) is 0 Å². The number of hydrogen-bond acceptors (Lipinski definition) is 5. The molecule has 8 heteroatoms. The third kappa shape index (κ3) is 6.49. The summed E-state index contributed by atoms with van der Waals surface area (Å²) < 4.78 is 31.3. The molecule has 5 nitrogen and oxygen atoms in total. The highest BCUT2D eigenvalue weighted by atomic mass is 35.5. The van der Waals surface area contributed by atoms with Crippen molar-refractivity contribution in [2.45, 2.75) is 45.6 Å². The van der Waals surface area contributed by atoms with E-state index in [9.17, 15) is 13.6 Å². The van der Waals surface area contributed by atoms with Gasteiger partial charge in [-0.1, -0.05) is 13.8 Å². The van der Waals surface area contributed by atoms with Crippen molar-refractivity contribution >= 4 is 17.4 Å². The van der Waals surface area contributed by atoms with E-state index in [1.54, 1.807) is 12.1 Å². The summed E-state index contributed by atoms with van der Waals surface area (Å²) in [6.07, 6.45) is -2.01. The molecule has 0 aliphatic rings. The number of aliphatic hydroxyl groups excluding tert-OH is 1. The number of rotatable bonds is 10. The summed E-state index contributed by atoms with van der Waals surface area (Å²) in [6.45, 7) is 3.33. The molecular formula is C20H23ClF2N2O3. The highest BCUT2D eigenvalue weighted by molar-refractivity contribution is 6.28. The molecule has 0 spiro atoms. The minimum absolute atomic E-state index is 0.0325. The van der Waals surface area contributed by atoms with Gasteiger partial charge in [0.1, 0.15) is 11.4 Å². The van der Waals surface area contributed by atoms with Crippen molar-refractivity contribution in [2.75, 3.05) is 6.61 Å². The summed E-state index contributed by atoms with van der Waals surface area (Å²) in [5, 5.41) is 8.97. The molecular weight excluding hydrogens is 390 g/mol. The lowest BCUT2D eigenvalue weighted by Crippen LogP contribution is -2.22. The highest BCUT2D eigenvalue weighted by Gasteiger charge is 2.28. The van der Waals surface area contributed by atoms with Crippen LogP contribution in [0.25, 0.3) is 11.3 Å². The van der Waals surface area contributed by atoms with Crippen LogP contribution in [0.1, 0.15) is 50.0 Å². The van der Waals surface area contributed by atoms with Crippen LogP contribution in [0.4, 0.5) is 8.78 Å².